The molecule has 0 amide bonds. The van der Waals surface area contributed by atoms with E-state index in [1.165, 1.54) is 56.1 Å². The first-order valence-electron chi connectivity index (χ1n) is 12.2. The molecule has 1 aromatic carbocycles. The Kier molecular flexibility index (Phi) is 6.44. The van der Waals surface area contributed by atoms with Gasteiger partial charge in [0.1, 0.15) is 11.6 Å². The Morgan fingerprint density at radius 2 is 1.62 bits per heavy atom. The molecule has 0 radical (unpaired) electrons. The number of hydrogen-bond donors (Lipinski definition) is 2. The molecular weight excluding hydrogens is 416 g/mol. The van der Waals surface area contributed by atoms with Crippen LogP contribution in [0.15, 0.2) is 30.3 Å². The van der Waals surface area contributed by atoms with Gasteiger partial charge in [-0.15, -0.1) is 0 Å². The third-order valence-corrected chi connectivity index (χ3v) is 7.23. The molecule has 2 N–H and O–H groups in total. The Balaban J connectivity index is 1.37. The van der Waals surface area contributed by atoms with Crippen LogP contribution in [0.2, 0.25) is 0 Å². The molecule has 0 bridgehead atoms. The zero-order valence-electron chi connectivity index (χ0n) is 19.0. The van der Waals surface area contributed by atoms with Gasteiger partial charge in [-0.1, -0.05) is 50.5 Å². The van der Waals surface area contributed by atoms with Crippen molar-refractivity contribution < 1.29 is 0 Å². The van der Waals surface area contributed by atoms with Gasteiger partial charge >= 0.3 is 0 Å². The molecule has 2 fully saturated rings. The van der Waals surface area contributed by atoms with Crippen molar-refractivity contribution in [1.29, 1.82) is 0 Å². The van der Waals surface area contributed by atoms with Crippen LogP contribution in [-0.2, 0) is 13.1 Å². The molecule has 2 aliphatic heterocycles. The van der Waals surface area contributed by atoms with Crippen molar-refractivity contribution in [2.24, 2.45) is 5.92 Å². The molecule has 1 aliphatic carbocycles. The third kappa shape index (κ3) is 4.98. The lowest BCUT2D eigenvalue weighted by Crippen LogP contribution is -2.39. The first-order chi connectivity index (χ1) is 15.6. The standard InChI is InChI=1S/C25H34N6S/c1-18-8-7-13-30(15-18)22-14-23(31-16-19-9-5-6-10-20(19)17-31)28-24(27-22)29-25(32)26-21-11-3-2-4-12-21/h5-6,9-10,14,18,21H,2-4,7-8,11-13,15-17H2,1H3,(H2,26,27,28,29,32)/t18-/m1/s1. The van der Waals surface area contributed by atoms with Crippen molar-refractivity contribution in [3.05, 3.63) is 41.5 Å². The van der Waals surface area contributed by atoms with Gasteiger partial charge in [0.05, 0.1) is 0 Å². The molecule has 3 heterocycles. The zero-order valence-corrected chi connectivity index (χ0v) is 19.8. The van der Waals surface area contributed by atoms with Gasteiger partial charge in [0.25, 0.3) is 0 Å². The van der Waals surface area contributed by atoms with Crippen molar-refractivity contribution >= 4 is 34.9 Å². The molecule has 6 nitrogen and oxygen atoms in total. The number of nitrogens with one attached hydrogen (secondary N) is 2. The van der Waals surface area contributed by atoms with Crippen LogP contribution in [-0.4, -0.2) is 34.2 Å². The Labute approximate surface area is 196 Å². The van der Waals surface area contributed by atoms with E-state index in [4.69, 9.17) is 22.2 Å². The van der Waals surface area contributed by atoms with Crippen LogP contribution in [0.5, 0.6) is 0 Å². The van der Waals surface area contributed by atoms with E-state index in [0.29, 0.717) is 23.0 Å². The second-order valence-electron chi connectivity index (χ2n) is 9.66. The number of benzene rings is 1. The summed E-state index contributed by atoms with van der Waals surface area (Å²) in [6.07, 6.45) is 8.76. The van der Waals surface area contributed by atoms with Gasteiger partial charge in [-0.25, -0.2) is 0 Å². The summed E-state index contributed by atoms with van der Waals surface area (Å²) in [6.45, 7) is 6.18. The molecular formula is C25H34N6S. The maximum absolute atomic E-state index is 5.64. The minimum absolute atomic E-state index is 0.461. The highest BCUT2D eigenvalue weighted by Gasteiger charge is 2.24. The molecule has 1 saturated heterocycles. The van der Waals surface area contributed by atoms with Crippen molar-refractivity contribution in [2.75, 3.05) is 28.2 Å². The number of thiocarbonyl (C=S) groups is 1. The van der Waals surface area contributed by atoms with E-state index in [2.05, 4.69) is 57.7 Å². The monoisotopic (exact) mass is 450 g/mol. The van der Waals surface area contributed by atoms with Crippen LogP contribution in [0.3, 0.4) is 0 Å². The minimum atomic E-state index is 0.461. The zero-order chi connectivity index (χ0) is 21.9. The van der Waals surface area contributed by atoms with E-state index in [1.807, 2.05) is 0 Å². The van der Waals surface area contributed by atoms with Crippen LogP contribution < -0.4 is 20.4 Å². The molecule has 3 aliphatic rings. The minimum Gasteiger partial charge on any atom is -0.360 e. The normalized spacial score (nSPS) is 21.3. The first kappa shape index (κ1) is 21.4. The lowest BCUT2D eigenvalue weighted by atomic mass is 9.96. The summed E-state index contributed by atoms with van der Waals surface area (Å²) in [4.78, 5) is 14.5. The van der Waals surface area contributed by atoms with E-state index < -0.39 is 0 Å². The fraction of sp³-hybridized carbons (Fsp3) is 0.560. The lowest BCUT2D eigenvalue weighted by molar-refractivity contribution is 0.414. The van der Waals surface area contributed by atoms with Crippen LogP contribution in [0.25, 0.3) is 0 Å². The van der Waals surface area contributed by atoms with Gasteiger partial charge in [-0.2, -0.15) is 9.97 Å². The van der Waals surface area contributed by atoms with E-state index in [1.54, 1.807) is 0 Å². The molecule has 0 spiro atoms. The Bertz CT molecular complexity index is 932. The largest absolute Gasteiger partial charge is 0.360 e. The number of rotatable bonds is 4. The van der Waals surface area contributed by atoms with Crippen molar-refractivity contribution in [3.8, 4) is 0 Å². The van der Waals surface area contributed by atoms with Crippen LogP contribution >= 0.6 is 12.2 Å². The Morgan fingerprint density at radius 1 is 0.938 bits per heavy atom. The lowest BCUT2D eigenvalue weighted by Gasteiger charge is -2.32. The highest BCUT2D eigenvalue weighted by molar-refractivity contribution is 7.80. The highest BCUT2D eigenvalue weighted by Crippen LogP contribution is 2.31. The van der Waals surface area contributed by atoms with E-state index >= 15 is 0 Å². The summed E-state index contributed by atoms with van der Waals surface area (Å²) in [5.74, 6) is 3.25. The van der Waals surface area contributed by atoms with Gasteiger partial charge < -0.3 is 20.4 Å². The number of piperidine rings is 1. The van der Waals surface area contributed by atoms with Crippen LogP contribution in [0, 0.1) is 5.92 Å². The predicted octanol–water partition coefficient (Wildman–Crippen LogP) is 4.85. The molecule has 170 valence electrons. The summed E-state index contributed by atoms with van der Waals surface area (Å²) < 4.78 is 0. The average molecular weight is 451 g/mol. The smallest absolute Gasteiger partial charge is 0.232 e. The van der Waals surface area contributed by atoms with Crippen molar-refractivity contribution in [1.82, 2.24) is 15.3 Å². The van der Waals surface area contributed by atoms with Crippen molar-refractivity contribution in [2.45, 2.75) is 71.0 Å². The van der Waals surface area contributed by atoms with Gasteiger partial charge in [0, 0.05) is 38.3 Å². The fourth-order valence-electron chi connectivity index (χ4n) is 5.26. The number of anilines is 3. The van der Waals surface area contributed by atoms with Crippen LogP contribution in [0.1, 0.15) is 63.0 Å². The maximum atomic E-state index is 5.64. The molecule has 0 unspecified atom stereocenters. The van der Waals surface area contributed by atoms with Crippen molar-refractivity contribution in [3.63, 3.8) is 0 Å². The summed E-state index contributed by atoms with van der Waals surface area (Å²) >= 11 is 5.64. The number of nitrogens with zero attached hydrogens (tertiary/aromatic N) is 4. The van der Waals surface area contributed by atoms with E-state index in [0.717, 1.165) is 37.8 Å². The summed E-state index contributed by atoms with van der Waals surface area (Å²) in [5, 5.41) is 7.44. The molecule has 2 aromatic rings. The molecule has 1 atom stereocenters. The maximum Gasteiger partial charge on any atom is 0.232 e. The van der Waals surface area contributed by atoms with E-state index in [-0.39, 0.29) is 0 Å². The quantitative estimate of drug-likeness (QED) is 0.646. The molecule has 1 aromatic heterocycles. The fourth-order valence-corrected chi connectivity index (χ4v) is 5.52. The SMILES string of the molecule is C[C@@H]1CCCN(c2cc(N3Cc4ccccc4C3)nc(NC(=S)NC3CCCCC3)n2)C1. The van der Waals surface area contributed by atoms with Gasteiger partial charge in [-0.3, -0.25) is 0 Å². The summed E-state index contributed by atoms with van der Waals surface area (Å²) in [6, 6.07) is 11.3. The van der Waals surface area contributed by atoms with Gasteiger partial charge in [-0.05, 0) is 54.9 Å². The van der Waals surface area contributed by atoms with Gasteiger partial charge in [0.2, 0.25) is 5.95 Å². The number of aromatic nitrogens is 2. The molecule has 7 heteroatoms. The number of hydrogen-bond acceptors (Lipinski definition) is 5. The first-order valence-corrected chi connectivity index (χ1v) is 12.6. The topological polar surface area (TPSA) is 56.3 Å². The molecule has 32 heavy (non-hydrogen) atoms. The summed E-state index contributed by atoms with van der Waals surface area (Å²) in [7, 11) is 0. The molecule has 5 rings (SSSR count). The van der Waals surface area contributed by atoms with E-state index in [9.17, 15) is 0 Å². The predicted molar refractivity (Wildman–Crippen MR) is 135 cm³/mol. The Hall–Kier alpha value is -2.41. The van der Waals surface area contributed by atoms with Gasteiger partial charge in [0.15, 0.2) is 5.11 Å². The Morgan fingerprint density at radius 3 is 2.31 bits per heavy atom. The average Bonchev–Trinajstić information content (AvgIpc) is 3.24. The molecule has 1 saturated carbocycles. The third-order valence-electron chi connectivity index (χ3n) is 7.01. The summed E-state index contributed by atoms with van der Waals surface area (Å²) in [5.41, 5.74) is 2.76. The second kappa shape index (κ2) is 9.61. The highest BCUT2D eigenvalue weighted by atomic mass is 32.1. The number of fused-ring (bicyclic) bond motifs is 1. The van der Waals surface area contributed by atoms with Crippen LogP contribution in [0.4, 0.5) is 17.6 Å². The second-order valence-corrected chi connectivity index (χ2v) is 10.1.